The third kappa shape index (κ3) is 3.63. The van der Waals surface area contributed by atoms with Crippen molar-refractivity contribution in [3.8, 4) is 0 Å². The Morgan fingerprint density at radius 2 is 1.41 bits per heavy atom. The Labute approximate surface area is 134 Å². The summed E-state index contributed by atoms with van der Waals surface area (Å²) in [6.07, 6.45) is 15.7. The van der Waals surface area contributed by atoms with E-state index >= 15 is 0 Å². The van der Waals surface area contributed by atoms with Crippen LogP contribution in [-0.4, -0.2) is 6.16 Å². The van der Waals surface area contributed by atoms with Crippen LogP contribution < -0.4 is 0 Å². The molecule has 2 aliphatic rings. The minimum absolute atomic E-state index is 0.828. The molecule has 0 radical (unpaired) electrons. The Hall–Kier alpha value is -1.07. The van der Waals surface area contributed by atoms with Gasteiger partial charge in [-0.15, -0.1) is 0 Å². The summed E-state index contributed by atoms with van der Waals surface area (Å²) in [5, 5.41) is 2.59. The molecule has 3 rings (SSSR count). The quantitative estimate of drug-likeness (QED) is 0.566. The number of benzene rings is 1. The van der Waals surface area contributed by atoms with E-state index in [1.54, 1.807) is 0 Å². The summed E-state index contributed by atoms with van der Waals surface area (Å²) in [5.41, 5.74) is 1.32. The molecule has 0 amide bonds. The highest BCUT2D eigenvalue weighted by Crippen LogP contribution is 2.65. The molecule has 0 unspecified atom stereocenters. The molecule has 2 aliphatic carbocycles. The first-order valence-corrected chi connectivity index (χ1v) is 10.7. The number of allylic oxidation sites excluding steroid dienone is 4. The van der Waals surface area contributed by atoms with Gasteiger partial charge in [-0.1, -0.05) is 42.5 Å². The van der Waals surface area contributed by atoms with E-state index in [9.17, 15) is 4.57 Å². The average Bonchev–Trinajstić information content (AvgIpc) is 2.62. The van der Waals surface area contributed by atoms with Crippen molar-refractivity contribution >= 4 is 7.14 Å². The minimum Gasteiger partial charge on any atom is -0.314 e. The molecule has 0 saturated carbocycles. The van der Waals surface area contributed by atoms with Crippen LogP contribution in [0.4, 0.5) is 0 Å². The van der Waals surface area contributed by atoms with Gasteiger partial charge in [-0.2, -0.15) is 0 Å². The van der Waals surface area contributed by atoms with Crippen LogP contribution in [0.2, 0.25) is 0 Å². The van der Waals surface area contributed by atoms with Gasteiger partial charge in [-0.3, -0.25) is 0 Å². The molecule has 1 nitrogen and oxygen atoms in total. The lowest BCUT2D eigenvalue weighted by Crippen LogP contribution is -2.05. The molecular formula is C20H27OP. The van der Waals surface area contributed by atoms with Gasteiger partial charge in [0.05, 0.1) is 0 Å². The van der Waals surface area contributed by atoms with E-state index in [0.29, 0.717) is 0 Å². The van der Waals surface area contributed by atoms with E-state index < -0.39 is 7.14 Å². The zero-order valence-electron chi connectivity index (χ0n) is 13.5. The van der Waals surface area contributed by atoms with Crippen LogP contribution in [0.5, 0.6) is 0 Å². The Bertz CT molecular complexity index is 567. The molecule has 0 aliphatic heterocycles. The van der Waals surface area contributed by atoms with Gasteiger partial charge in [0.25, 0.3) is 0 Å². The van der Waals surface area contributed by atoms with E-state index in [1.165, 1.54) is 41.9 Å². The Morgan fingerprint density at radius 1 is 0.818 bits per heavy atom. The van der Waals surface area contributed by atoms with Crippen LogP contribution >= 0.6 is 7.14 Å². The lowest BCUT2D eigenvalue weighted by molar-refractivity contribution is 0.574. The van der Waals surface area contributed by atoms with Gasteiger partial charge in [0, 0.05) is 6.16 Å². The third-order valence-electron chi connectivity index (χ3n) is 5.02. The van der Waals surface area contributed by atoms with Gasteiger partial charge in [-0.25, -0.2) is 0 Å². The molecule has 118 valence electrons. The van der Waals surface area contributed by atoms with Crippen LogP contribution in [0.25, 0.3) is 0 Å². The van der Waals surface area contributed by atoms with Crippen molar-refractivity contribution < 1.29 is 4.57 Å². The molecule has 0 saturated heterocycles. The van der Waals surface area contributed by atoms with E-state index in [2.05, 4.69) is 42.5 Å². The highest BCUT2D eigenvalue weighted by atomic mass is 31.2. The molecule has 1 aromatic rings. The third-order valence-corrected chi connectivity index (χ3v) is 8.54. The van der Waals surface area contributed by atoms with Gasteiger partial charge in [-0.05, 0) is 74.0 Å². The zero-order valence-corrected chi connectivity index (χ0v) is 14.4. The van der Waals surface area contributed by atoms with Crippen molar-refractivity contribution in [2.75, 3.05) is 6.16 Å². The van der Waals surface area contributed by atoms with Crippen molar-refractivity contribution in [2.45, 2.75) is 57.8 Å². The van der Waals surface area contributed by atoms with Crippen LogP contribution in [0, 0.1) is 0 Å². The highest BCUT2D eigenvalue weighted by molar-refractivity contribution is 7.72. The first kappa shape index (κ1) is 15.8. The fourth-order valence-electron chi connectivity index (χ4n) is 3.70. The number of hydrogen-bond acceptors (Lipinski definition) is 1. The summed E-state index contributed by atoms with van der Waals surface area (Å²) in [6.45, 7) is 0. The maximum atomic E-state index is 14.0. The predicted octanol–water partition coefficient (Wildman–Crippen LogP) is 6.51. The lowest BCUT2D eigenvalue weighted by atomic mass is 10.1. The number of rotatable bonds is 5. The largest absolute Gasteiger partial charge is 0.314 e. The average molecular weight is 314 g/mol. The normalized spacial score (nSPS) is 19.5. The van der Waals surface area contributed by atoms with Crippen LogP contribution in [0.3, 0.4) is 0 Å². The van der Waals surface area contributed by atoms with Crippen molar-refractivity contribution in [1.29, 1.82) is 0 Å². The SMILES string of the molecule is O=P(CCc1ccccc1)(C1=CCCCC1)C1=CCCCC1. The van der Waals surface area contributed by atoms with Gasteiger partial charge in [0.15, 0.2) is 0 Å². The highest BCUT2D eigenvalue weighted by Gasteiger charge is 2.32. The van der Waals surface area contributed by atoms with Crippen LogP contribution in [-0.2, 0) is 11.0 Å². The molecule has 0 heterocycles. The molecule has 0 bridgehead atoms. The zero-order chi connectivity index (χ0) is 15.3. The van der Waals surface area contributed by atoms with Gasteiger partial charge >= 0.3 is 0 Å². The Balaban J connectivity index is 1.84. The molecule has 2 heteroatoms. The van der Waals surface area contributed by atoms with Gasteiger partial charge in [0.1, 0.15) is 7.14 Å². The first-order chi connectivity index (χ1) is 10.8. The summed E-state index contributed by atoms with van der Waals surface area (Å²) in [7, 11) is -2.31. The second-order valence-electron chi connectivity index (χ2n) is 6.58. The molecule has 0 aromatic heterocycles. The van der Waals surface area contributed by atoms with E-state index in [1.807, 2.05) is 0 Å². The number of aryl methyl sites for hydroxylation is 1. The van der Waals surface area contributed by atoms with Gasteiger partial charge < -0.3 is 4.57 Å². The van der Waals surface area contributed by atoms with E-state index in [0.717, 1.165) is 38.3 Å². The molecule has 0 N–H and O–H groups in total. The number of hydrogen-bond donors (Lipinski definition) is 0. The maximum absolute atomic E-state index is 14.0. The van der Waals surface area contributed by atoms with Crippen molar-refractivity contribution in [3.05, 3.63) is 58.7 Å². The Kier molecular flexibility index (Phi) is 5.37. The summed E-state index contributed by atoms with van der Waals surface area (Å²) in [4.78, 5) is 0. The topological polar surface area (TPSA) is 17.1 Å². The van der Waals surface area contributed by atoms with Crippen molar-refractivity contribution in [2.24, 2.45) is 0 Å². The molecule has 0 spiro atoms. The van der Waals surface area contributed by atoms with Crippen molar-refractivity contribution in [1.82, 2.24) is 0 Å². The predicted molar refractivity (Wildman–Crippen MR) is 95.7 cm³/mol. The van der Waals surface area contributed by atoms with E-state index in [-0.39, 0.29) is 0 Å². The molecule has 1 aromatic carbocycles. The molecule has 0 atom stereocenters. The summed E-state index contributed by atoms with van der Waals surface area (Å²) >= 11 is 0. The van der Waals surface area contributed by atoms with Gasteiger partial charge in [0.2, 0.25) is 0 Å². The summed E-state index contributed by atoms with van der Waals surface area (Å²) in [5.74, 6) is 0. The lowest BCUT2D eigenvalue weighted by Gasteiger charge is -2.28. The van der Waals surface area contributed by atoms with E-state index in [4.69, 9.17) is 0 Å². The summed E-state index contributed by atoms with van der Waals surface area (Å²) in [6, 6.07) is 10.5. The molecule has 0 fully saturated rings. The second-order valence-corrected chi connectivity index (χ2v) is 9.66. The van der Waals surface area contributed by atoms with Crippen LogP contribution in [0.15, 0.2) is 53.1 Å². The second kappa shape index (κ2) is 7.47. The standard InChI is InChI=1S/C20H27OP/c21-22(19-12-6-2-7-13-19,20-14-8-3-9-15-20)17-16-18-10-4-1-5-11-18/h1,4-5,10-12,14H,2-3,6-9,13,15-17H2. The van der Waals surface area contributed by atoms with Crippen molar-refractivity contribution in [3.63, 3.8) is 0 Å². The smallest absolute Gasteiger partial charge is 0.135 e. The summed E-state index contributed by atoms with van der Waals surface area (Å²) < 4.78 is 14.0. The maximum Gasteiger partial charge on any atom is 0.135 e. The van der Waals surface area contributed by atoms with Crippen LogP contribution in [0.1, 0.15) is 56.9 Å². The fourth-order valence-corrected chi connectivity index (χ4v) is 7.10. The minimum atomic E-state index is -2.31. The molecule has 22 heavy (non-hydrogen) atoms. The Morgan fingerprint density at radius 3 is 1.91 bits per heavy atom. The fraction of sp³-hybridized carbons (Fsp3) is 0.500. The first-order valence-electron chi connectivity index (χ1n) is 8.81. The molecular weight excluding hydrogens is 287 g/mol. The monoisotopic (exact) mass is 314 g/mol.